The van der Waals surface area contributed by atoms with Gasteiger partial charge in [-0.2, -0.15) is 0 Å². The lowest BCUT2D eigenvalue weighted by molar-refractivity contribution is 0.0308. The average molecular weight is 399 g/mol. The van der Waals surface area contributed by atoms with Gasteiger partial charge in [-0.3, -0.25) is 9.69 Å². The number of oxazole rings is 1. The summed E-state index contributed by atoms with van der Waals surface area (Å²) in [7, 11) is 2.23. The van der Waals surface area contributed by atoms with Gasteiger partial charge in [-0.05, 0) is 44.9 Å². The lowest BCUT2D eigenvalue weighted by Gasteiger charge is -2.47. The molecular weight excluding hydrogens is 368 g/mol. The summed E-state index contributed by atoms with van der Waals surface area (Å²) >= 11 is 0. The summed E-state index contributed by atoms with van der Waals surface area (Å²) in [6, 6.07) is 7.05. The molecule has 156 valence electrons. The zero-order chi connectivity index (χ0) is 19.8. The van der Waals surface area contributed by atoms with Crippen molar-refractivity contribution < 1.29 is 13.9 Å². The Morgan fingerprint density at radius 1 is 1.21 bits per heavy atom. The van der Waals surface area contributed by atoms with E-state index < -0.39 is 0 Å². The minimum atomic E-state index is -0.0329. The van der Waals surface area contributed by atoms with E-state index in [1.807, 2.05) is 18.2 Å². The van der Waals surface area contributed by atoms with Gasteiger partial charge in [0.05, 0.1) is 25.3 Å². The first-order chi connectivity index (χ1) is 14.2. The molecule has 2 unspecified atom stereocenters. The van der Waals surface area contributed by atoms with E-state index in [0.29, 0.717) is 41.2 Å². The molecule has 1 N–H and O–H groups in total. The summed E-state index contributed by atoms with van der Waals surface area (Å²) in [6.07, 6.45) is 5.86. The predicted molar refractivity (Wildman–Crippen MR) is 110 cm³/mol. The lowest BCUT2D eigenvalue weighted by atomic mass is 9.82. The Bertz CT molecular complexity index is 862. The van der Waals surface area contributed by atoms with Crippen LogP contribution in [-0.2, 0) is 11.3 Å². The Labute approximate surface area is 171 Å². The molecule has 0 aliphatic carbocycles. The Kier molecular flexibility index (Phi) is 5.28. The van der Waals surface area contributed by atoms with E-state index in [1.54, 1.807) is 0 Å². The highest BCUT2D eigenvalue weighted by Crippen LogP contribution is 2.33. The highest BCUT2D eigenvalue weighted by atomic mass is 16.5. The van der Waals surface area contributed by atoms with Gasteiger partial charge in [0.15, 0.2) is 5.58 Å². The topological polar surface area (TPSA) is 70.8 Å². The Morgan fingerprint density at radius 2 is 1.97 bits per heavy atom. The van der Waals surface area contributed by atoms with Crippen LogP contribution < -0.4 is 5.32 Å². The second-order valence-electron chi connectivity index (χ2n) is 8.69. The van der Waals surface area contributed by atoms with Crippen molar-refractivity contribution in [3.05, 3.63) is 29.7 Å². The molecule has 2 bridgehead atoms. The number of carbonyl (C=O) groups excluding carboxylic acids is 1. The first kappa shape index (κ1) is 19.0. The van der Waals surface area contributed by atoms with Crippen molar-refractivity contribution in [1.82, 2.24) is 20.1 Å². The van der Waals surface area contributed by atoms with Crippen LogP contribution in [0.3, 0.4) is 0 Å². The van der Waals surface area contributed by atoms with Crippen LogP contribution in [0.25, 0.3) is 11.1 Å². The number of benzene rings is 1. The van der Waals surface area contributed by atoms with Gasteiger partial charge in [0, 0.05) is 31.2 Å². The molecule has 3 aliphatic heterocycles. The van der Waals surface area contributed by atoms with Crippen LogP contribution in [0.1, 0.15) is 48.4 Å². The molecule has 0 spiro atoms. The lowest BCUT2D eigenvalue weighted by Crippen LogP contribution is -2.55. The summed E-state index contributed by atoms with van der Waals surface area (Å²) in [5.41, 5.74) is 1.96. The fraction of sp³-hybridized carbons (Fsp3) is 0.636. The van der Waals surface area contributed by atoms with Crippen molar-refractivity contribution in [2.45, 2.75) is 56.8 Å². The summed E-state index contributed by atoms with van der Waals surface area (Å²) in [5.74, 6) is 0.630. The van der Waals surface area contributed by atoms with Crippen molar-refractivity contribution in [3.63, 3.8) is 0 Å². The molecule has 1 amide bonds. The number of ether oxygens (including phenoxy) is 1. The first-order valence-corrected chi connectivity index (χ1v) is 10.9. The summed E-state index contributed by atoms with van der Waals surface area (Å²) < 4.78 is 11.4. The van der Waals surface area contributed by atoms with Gasteiger partial charge in [0.2, 0.25) is 5.89 Å². The third-order valence-electron chi connectivity index (χ3n) is 6.85. The number of hydrogen-bond acceptors (Lipinski definition) is 6. The molecule has 29 heavy (non-hydrogen) atoms. The molecule has 7 heteroatoms. The fourth-order valence-electron chi connectivity index (χ4n) is 5.19. The zero-order valence-corrected chi connectivity index (χ0v) is 17.1. The maximum Gasteiger partial charge on any atom is 0.253 e. The molecule has 3 aliphatic rings. The van der Waals surface area contributed by atoms with E-state index in [9.17, 15) is 4.79 Å². The number of morpholine rings is 1. The predicted octanol–water partition coefficient (Wildman–Crippen LogP) is 2.41. The van der Waals surface area contributed by atoms with E-state index in [2.05, 4.69) is 27.1 Å². The largest absolute Gasteiger partial charge is 0.439 e. The number of fused-ring (bicyclic) bond motifs is 3. The van der Waals surface area contributed by atoms with E-state index in [0.717, 1.165) is 39.1 Å². The smallest absolute Gasteiger partial charge is 0.253 e. The molecule has 1 aromatic heterocycles. The standard InChI is InChI=1S/C22H30N4O3/c1-25-16-4-2-5-17(25)13-15(12-16)23-22(27)18-6-3-7-19-21(18)24-20(29-19)14-26-8-10-28-11-9-26/h3,6-7,15-17H,2,4-5,8-14H2,1H3,(H,23,27). The number of amides is 1. The maximum absolute atomic E-state index is 13.1. The molecule has 3 saturated heterocycles. The third-order valence-corrected chi connectivity index (χ3v) is 6.85. The number of rotatable bonds is 4. The molecule has 1 aromatic carbocycles. The van der Waals surface area contributed by atoms with Crippen LogP contribution in [0.15, 0.2) is 22.6 Å². The molecule has 0 radical (unpaired) electrons. The molecule has 3 fully saturated rings. The van der Waals surface area contributed by atoms with Crippen LogP contribution in [0.4, 0.5) is 0 Å². The minimum Gasteiger partial charge on any atom is -0.439 e. The van der Waals surface area contributed by atoms with Gasteiger partial charge in [-0.15, -0.1) is 0 Å². The summed E-state index contributed by atoms with van der Waals surface area (Å²) in [4.78, 5) is 22.6. The van der Waals surface area contributed by atoms with Crippen molar-refractivity contribution in [2.75, 3.05) is 33.4 Å². The number of nitrogens with one attached hydrogen (secondary N) is 1. The van der Waals surface area contributed by atoms with Gasteiger partial charge in [0.25, 0.3) is 5.91 Å². The monoisotopic (exact) mass is 398 g/mol. The second-order valence-corrected chi connectivity index (χ2v) is 8.69. The minimum absolute atomic E-state index is 0.0329. The summed E-state index contributed by atoms with van der Waals surface area (Å²) in [5, 5.41) is 3.29. The molecular formula is C22H30N4O3. The zero-order valence-electron chi connectivity index (χ0n) is 17.1. The fourth-order valence-corrected chi connectivity index (χ4v) is 5.19. The number of para-hydroxylation sites is 1. The second kappa shape index (κ2) is 8.05. The van der Waals surface area contributed by atoms with Gasteiger partial charge >= 0.3 is 0 Å². The Balaban J connectivity index is 1.31. The summed E-state index contributed by atoms with van der Waals surface area (Å²) in [6.45, 7) is 3.89. The van der Waals surface area contributed by atoms with Crippen LogP contribution in [0.2, 0.25) is 0 Å². The number of aromatic nitrogens is 1. The molecule has 7 nitrogen and oxygen atoms in total. The molecule has 5 rings (SSSR count). The molecule has 0 saturated carbocycles. The highest BCUT2D eigenvalue weighted by molar-refractivity contribution is 6.04. The van der Waals surface area contributed by atoms with E-state index in [1.165, 1.54) is 19.3 Å². The van der Waals surface area contributed by atoms with Gasteiger partial charge in [-0.1, -0.05) is 12.5 Å². The Hall–Kier alpha value is -1.96. The first-order valence-electron chi connectivity index (χ1n) is 10.9. The van der Waals surface area contributed by atoms with Crippen LogP contribution in [0.5, 0.6) is 0 Å². The third kappa shape index (κ3) is 3.91. The highest BCUT2D eigenvalue weighted by Gasteiger charge is 2.36. The number of piperidine rings is 2. The van der Waals surface area contributed by atoms with Crippen molar-refractivity contribution >= 4 is 17.0 Å². The molecule has 4 heterocycles. The van der Waals surface area contributed by atoms with Crippen LogP contribution >= 0.6 is 0 Å². The van der Waals surface area contributed by atoms with Crippen molar-refractivity contribution in [3.8, 4) is 0 Å². The quantitative estimate of drug-likeness (QED) is 0.853. The van der Waals surface area contributed by atoms with Crippen molar-refractivity contribution in [1.29, 1.82) is 0 Å². The Morgan fingerprint density at radius 3 is 2.72 bits per heavy atom. The maximum atomic E-state index is 13.1. The van der Waals surface area contributed by atoms with Crippen LogP contribution in [-0.4, -0.2) is 72.2 Å². The van der Waals surface area contributed by atoms with Gasteiger partial charge < -0.3 is 19.4 Å². The van der Waals surface area contributed by atoms with Gasteiger partial charge in [0.1, 0.15) is 5.52 Å². The SMILES string of the molecule is CN1C2CCCC1CC(NC(=O)c1cccc3oc(CN4CCOCC4)nc13)C2. The van der Waals surface area contributed by atoms with Crippen LogP contribution in [0, 0.1) is 0 Å². The molecule has 2 aromatic rings. The molecule has 2 atom stereocenters. The van der Waals surface area contributed by atoms with E-state index >= 15 is 0 Å². The van der Waals surface area contributed by atoms with E-state index in [4.69, 9.17) is 9.15 Å². The number of carbonyl (C=O) groups is 1. The number of nitrogens with zero attached hydrogens (tertiary/aromatic N) is 3. The van der Waals surface area contributed by atoms with E-state index in [-0.39, 0.29) is 11.9 Å². The number of hydrogen-bond donors (Lipinski definition) is 1. The van der Waals surface area contributed by atoms with Crippen molar-refractivity contribution in [2.24, 2.45) is 0 Å². The average Bonchev–Trinajstić information content (AvgIpc) is 3.12. The normalized spacial score (nSPS) is 28.5. The van der Waals surface area contributed by atoms with Gasteiger partial charge in [-0.25, -0.2) is 4.98 Å².